The zero-order chi connectivity index (χ0) is 12.1. The molecule has 16 heavy (non-hydrogen) atoms. The van der Waals surface area contributed by atoms with E-state index < -0.39 is 12.0 Å². The zero-order valence-corrected chi connectivity index (χ0v) is 9.91. The molecule has 0 aliphatic carbocycles. The van der Waals surface area contributed by atoms with Crippen LogP contribution in [0.5, 0.6) is 0 Å². The summed E-state index contributed by atoms with van der Waals surface area (Å²) in [7, 11) is 0. The van der Waals surface area contributed by atoms with Crippen molar-refractivity contribution >= 4 is 11.9 Å². The number of carboxylic acids is 1. The molecule has 1 saturated heterocycles. The number of carbonyl (C=O) groups excluding carboxylic acids is 2. The van der Waals surface area contributed by atoms with E-state index in [1.165, 1.54) is 0 Å². The number of hydrogen-bond donors (Lipinski definition) is 2. The molecule has 0 saturated carbocycles. The van der Waals surface area contributed by atoms with Crippen LogP contribution in [0.25, 0.3) is 0 Å². The number of piperazine rings is 1. The highest BCUT2D eigenvalue weighted by Crippen LogP contribution is 1.97. The minimum atomic E-state index is -1.15. The number of quaternary nitrogens is 1. The molecule has 2 N–H and O–H groups in total. The van der Waals surface area contributed by atoms with Crippen molar-refractivity contribution in [1.29, 1.82) is 0 Å². The monoisotopic (exact) mass is 228 g/mol. The fraction of sp³-hybridized carbons (Fsp3) is 0.818. The molecule has 1 aliphatic rings. The van der Waals surface area contributed by atoms with Crippen LogP contribution in [0.4, 0.5) is 0 Å². The fourth-order valence-corrected chi connectivity index (χ4v) is 2.01. The topological polar surface area (TPSA) is 73.7 Å². The highest BCUT2D eigenvalue weighted by molar-refractivity contribution is 5.84. The molecule has 0 radical (unpaired) electrons. The first-order chi connectivity index (χ1) is 7.50. The lowest BCUT2D eigenvalue weighted by molar-refractivity contribution is -0.917. The van der Waals surface area contributed by atoms with E-state index in [0.29, 0.717) is 12.5 Å². The molecular formula is C11H20N2O3. The van der Waals surface area contributed by atoms with E-state index in [1.54, 1.807) is 0 Å². The van der Waals surface area contributed by atoms with Gasteiger partial charge in [-0.1, -0.05) is 13.8 Å². The molecule has 2 atom stereocenters. The molecule has 1 aliphatic heterocycles. The third-order valence-corrected chi connectivity index (χ3v) is 2.97. The van der Waals surface area contributed by atoms with E-state index in [2.05, 4.69) is 19.2 Å². The maximum Gasteiger partial charge on any atom is 0.278 e. The van der Waals surface area contributed by atoms with Crippen molar-refractivity contribution < 1.29 is 19.6 Å². The number of aliphatic carboxylic acids is 1. The van der Waals surface area contributed by atoms with Crippen LogP contribution in [0.15, 0.2) is 0 Å². The number of hydrogen-bond acceptors (Lipinski definition) is 3. The van der Waals surface area contributed by atoms with E-state index in [9.17, 15) is 14.7 Å². The maximum absolute atomic E-state index is 11.6. The Kier molecular flexibility index (Phi) is 4.73. The number of carbonyl (C=O) groups is 2. The number of amides is 1. The fourth-order valence-electron chi connectivity index (χ4n) is 2.01. The van der Waals surface area contributed by atoms with Crippen LogP contribution in [0.1, 0.15) is 26.7 Å². The molecule has 5 nitrogen and oxygen atoms in total. The minimum absolute atomic E-state index is 0.158. The van der Waals surface area contributed by atoms with E-state index in [1.807, 2.05) is 0 Å². The van der Waals surface area contributed by atoms with Crippen LogP contribution in [0.2, 0.25) is 0 Å². The zero-order valence-electron chi connectivity index (χ0n) is 9.91. The molecule has 0 spiro atoms. The van der Waals surface area contributed by atoms with E-state index in [-0.39, 0.29) is 12.3 Å². The lowest BCUT2D eigenvalue weighted by Gasteiger charge is -2.32. The molecule has 5 heteroatoms. The summed E-state index contributed by atoms with van der Waals surface area (Å²) < 4.78 is 0. The predicted molar refractivity (Wildman–Crippen MR) is 56.6 cm³/mol. The Balaban J connectivity index is 2.55. The second-order valence-corrected chi connectivity index (χ2v) is 4.76. The van der Waals surface area contributed by atoms with Gasteiger partial charge in [0.15, 0.2) is 6.04 Å². The highest BCUT2D eigenvalue weighted by atomic mass is 16.4. The Labute approximate surface area is 95.8 Å². The van der Waals surface area contributed by atoms with Crippen LogP contribution < -0.4 is 15.3 Å². The quantitative estimate of drug-likeness (QED) is 0.549. The standard InChI is InChI=1S/C11H20N2O3/c1-8(2)3-5-13-6-4-12-11(16)9(13)7-10(14)15/h8-9H,3-7H2,1-2H3,(H,12,16)(H,14,15)/t9-/m1/s1. The Hall–Kier alpha value is -1.10. The average Bonchev–Trinajstić information content (AvgIpc) is 2.18. The van der Waals surface area contributed by atoms with Crippen molar-refractivity contribution in [2.75, 3.05) is 19.6 Å². The van der Waals surface area contributed by atoms with Gasteiger partial charge in [-0.25, -0.2) is 0 Å². The molecule has 92 valence electrons. The Morgan fingerprint density at radius 3 is 2.88 bits per heavy atom. The van der Waals surface area contributed by atoms with Gasteiger partial charge in [-0.05, 0) is 12.3 Å². The summed E-state index contributed by atoms with van der Waals surface area (Å²) in [6.07, 6.45) is 0.825. The summed E-state index contributed by atoms with van der Waals surface area (Å²) in [6.45, 7) is 6.53. The van der Waals surface area contributed by atoms with Crippen molar-refractivity contribution in [3.05, 3.63) is 0 Å². The number of carboxylic acid groups (broad SMARTS) is 1. The van der Waals surface area contributed by atoms with Crippen LogP contribution in [-0.2, 0) is 9.59 Å². The first kappa shape index (κ1) is 13.0. The van der Waals surface area contributed by atoms with Crippen molar-refractivity contribution in [3.8, 4) is 0 Å². The summed E-state index contributed by atoms with van der Waals surface area (Å²) in [5.74, 6) is -0.737. The van der Waals surface area contributed by atoms with E-state index in [0.717, 1.165) is 24.4 Å². The number of rotatable bonds is 5. The van der Waals surface area contributed by atoms with Crippen molar-refractivity contribution in [2.24, 2.45) is 5.92 Å². The normalized spacial score (nSPS) is 25.6. The van der Waals surface area contributed by atoms with Gasteiger partial charge in [0.2, 0.25) is 0 Å². The van der Waals surface area contributed by atoms with Gasteiger partial charge in [-0.3, -0.25) is 4.79 Å². The third-order valence-electron chi connectivity index (χ3n) is 2.97. The molecule has 1 rings (SSSR count). The lowest BCUT2D eigenvalue weighted by atomic mass is 10.1. The van der Waals surface area contributed by atoms with Gasteiger partial charge in [-0.2, -0.15) is 0 Å². The molecule has 0 aromatic heterocycles. The van der Waals surface area contributed by atoms with E-state index in [4.69, 9.17) is 0 Å². The maximum atomic E-state index is 11.6. The van der Waals surface area contributed by atoms with Crippen LogP contribution in [-0.4, -0.2) is 37.6 Å². The van der Waals surface area contributed by atoms with Crippen molar-refractivity contribution in [2.45, 2.75) is 32.7 Å². The van der Waals surface area contributed by atoms with Gasteiger partial charge in [0.25, 0.3) is 5.91 Å². The van der Waals surface area contributed by atoms with Gasteiger partial charge < -0.3 is 20.1 Å². The van der Waals surface area contributed by atoms with Crippen molar-refractivity contribution in [1.82, 2.24) is 5.32 Å². The second-order valence-electron chi connectivity index (χ2n) is 4.76. The van der Waals surface area contributed by atoms with Gasteiger partial charge in [0, 0.05) is 12.4 Å². The summed E-state index contributed by atoms with van der Waals surface area (Å²) in [5, 5.41) is 13.3. The summed E-state index contributed by atoms with van der Waals surface area (Å²) in [6, 6.07) is -0.475. The molecule has 0 aromatic carbocycles. The largest absolute Gasteiger partial charge is 0.550 e. The highest BCUT2D eigenvalue weighted by Gasteiger charge is 2.33. The first-order valence-electron chi connectivity index (χ1n) is 5.83. The summed E-state index contributed by atoms with van der Waals surface area (Å²) in [4.78, 5) is 23.2. The Bertz CT molecular complexity index is 266. The van der Waals surface area contributed by atoms with Crippen LogP contribution >= 0.6 is 0 Å². The molecule has 1 fully saturated rings. The number of nitrogens with one attached hydrogen (secondary N) is 2. The third kappa shape index (κ3) is 3.81. The van der Waals surface area contributed by atoms with E-state index >= 15 is 0 Å². The first-order valence-corrected chi connectivity index (χ1v) is 5.83. The van der Waals surface area contributed by atoms with Crippen LogP contribution in [0.3, 0.4) is 0 Å². The van der Waals surface area contributed by atoms with Gasteiger partial charge in [0.1, 0.15) is 0 Å². The second kappa shape index (κ2) is 5.84. The molecule has 1 unspecified atom stereocenters. The smallest absolute Gasteiger partial charge is 0.278 e. The Morgan fingerprint density at radius 2 is 2.31 bits per heavy atom. The van der Waals surface area contributed by atoms with Crippen LogP contribution in [0, 0.1) is 5.92 Å². The molecule has 1 heterocycles. The van der Waals surface area contributed by atoms with Gasteiger partial charge >= 0.3 is 0 Å². The minimum Gasteiger partial charge on any atom is -0.550 e. The average molecular weight is 228 g/mol. The molecule has 1 amide bonds. The summed E-state index contributed by atoms with van der Waals surface area (Å²) in [5.41, 5.74) is 0. The molecular weight excluding hydrogens is 208 g/mol. The Morgan fingerprint density at radius 1 is 1.62 bits per heavy atom. The van der Waals surface area contributed by atoms with Gasteiger partial charge in [-0.15, -0.1) is 0 Å². The lowest BCUT2D eigenvalue weighted by Crippen LogP contribution is -3.19. The molecule has 0 bridgehead atoms. The van der Waals surface area contributed by atoms with Crippen molar-refractivity contribution in [3.63, 3.8) is 0 Å². The molecule has 0 aromatic rings. The van der Waals surface area contributed by atoms with Gasteiger partial charge in [0.05, 0.1) is 19.6 Å². The predicted octanol–water partition coefficient (Wildman–Crippen LogP) is -2.44. The SMILES string of the molecule is CC(C)CC[NH+]1CCNC(=O)[C@H]1CC(=O)[O-]. The summed E-state index contributed by atoms with van der Waals surface area (Å²) >= 11 is 0.